The Hall–Kier alpha value is -1.61. The van der Waals surface area contributed by atoms with Crippen molar-refractivity contribution in [3.05, 3.63) is 36.0 Å². The Labute approximate surface area is 101 Å². The normalized spacial score (nSPS) is 20.1. The second kappa shape index (κ2) is 4.00. The van der Waals surface area contributed by atoms with E-state index in [2.05, 4.69) is 40.2 Å². The number of benzene rings is 1. The van der Waals surface area contributed by atoms with Crippen LogP contribution in [0.25, 0.3) is 10.9 Å². The van der Waals surface area contributed by atoms with Gasteiger partial charge in [-0.05, 0) is 37.6 Å². The van der Waals surface area contributed by atoms with E-state index in [0.29, 0.717) is 6.04 Å². The van der Waals surface area contributed by atoms with Crippen LogP contribution in [0.15, 0.2) is 30.3 Å². The molecule has 0 radical (unpaired) electrons. The van der Waals surface area contributed by atoms with E-state index in [1.807, 2.05) is 6.92 Å². The van der Waals surface area contributed by atoms with E-state index in [9.17, 15) is 0 Å². The van der Waals surface area contributed by atoms with Crippen molar-refractivity contribution in [2.24, 2.45) is 5.73 Å². The molecule has 1 unspecified atom stereocenters. The fraction of sp³-hybridized carbons (Fsp3) is 0.357. The first-order valence-corrected chi connectivity index (χ1v) is 6.10. The highest BCUT2D eigenvalue weighted by molar-refractivity contribution is 5.82. The van der Waals surface area contributed by atoms with Gasteiger partial charge in [-0.15, -0.1) is 0 Å². The standard InChI is InChI=1S/C14H17N3/c1-10-2-3-11-8-13(4-5-14(11)16-10)17-7-6-12(15)9-17/h2-5,8,12H,6-7,9,15H2,1H3. The minimum atomic E-state index is 0.321. The molecule has 0 saturated carbocycles. The quantitative estimate of drug-likeness (QED) is 0.811. The minimum Gasteiger partial charge on any atom is -0.370 e. The van der Waals surface area contributed by atoms with E-state index in [0.717, 1.165) is 30.7 Å². The van der Waals surface area contributed by atoms with Crippen LogP contribution in [0.1, 0.15) is 12.1 Å². The van der Waals surface area contributed by atoms with Gasteiger partial charge in [0.1, 0.15) is 0 Å². The molecule has 1 saturated heterocycles. The van der Waals surface area contributed by atoms with E-state index >= 15 is 0 Å². The molecule has 3 heteroatoms. The average molecular weight is 227 g/mol. The van der Waals surface area contributed by atoms with Gasteiger partial charge in [-0.3, -0.25) is 4.98 Å². The summed E-state index contributed by atoms with van der Waals surface area (Å²) in [6.45, 7) is 4.05. The van der Waals surface area contributed by atoms with Gasteiger partial charge < -0.3 is 10.6 Å². The molecule has 0 aliphatic carbocycles. The zero-order valence-electron chi connectivity index (χ0n) is 10.1. The van der Waals surface area contributed by atoms with Crippen molar-refractivity contribution in [2.45, 2.75) is 19.4 Å². The maximum Gasteiger partial charge on any atom is 0.0706 e. The lowest BCUT2D eigenvalue weighted by Crippen LogP contribution is -2.26. The van der Waals surface area contributed by atoms with Gasteiger partial charge in [-0.1, -0.05) is 6.07 Å². The van der Waals surface area contributed by atoms with Crippen molar-refractivity contribution < 1.29 is 0 Å². The predicted octanol–water partition coefficient (Wildman–Crippen LogP) is 2.08. The second-order valence-corrected chi connectivity index (χ2v) is 4.82. The Morgan fingerprint density at radius 2 is 2.18 bits per heavy atom. The summed E-state index contributed by atoms with van der Waals surface area (Å²) >= 11 is 0. The molecular weight excluding hydrogens is 210 g/mol. The van der Waals surface area contributed by atoms with Crippen LogP contribution < -0.4 is 10.6 Å². The van der Waals surface area contributed by atoms with Gasteiger partial charge in [-0.25, -0.2) is 0 Å². The molecule has 1 atom stereocenters. The van der Waals surface area contributed by atoms with Gasteiger partial charge in [0.2, 0.25) is 0 Å². The SMILES string of the molecule is Cc1ccc2cc(N3CCC(N)C3)ccc2n1. The summed E-state index contributed by atoms with van der Waals surface area (Å²) in [6.07, 6.45) is 1.09. The number of aryl methyl sites for hydroxylation is 1. The topological polar surface area (TPSA) is 42.1 Å². The third-order valence-corrected chi connectivity index (χ3v) is 3.40. The third-order valence-electron chi connectivity index (χ3n) is 3.40. The molecule has 1 aliphatic rings. The number of hydrogen-bond donors (Lipinski definition) is 1. The third kappa shape index (κ3) is 1.98. The molecule has 1 aliphatic heterocycles. The summed E-state index contributed by atoms with van der Waals surface area (Å²) < 4.78 is 0. The molecule has 0 amide bonds. The number of fused-ring (bicyclic) bond motifs is 1. The molecule has 3 nitrogen and oxygen atoms in total. The lowest BCUT2D eigenvalue weighted by Gasteiger charge is -2.18. The van der Waals surface area contributed by atoms with Crippen LogP contribution in [-0.2, 0) is 0 Å². The highest BCUT2D eigenvalue weighted by Crippen LogP contribution is 2.24. The fourth-order valence-corrected chi connectivity index (χ4v) is 2.43. The molecule has 1 aromatic heterocycles. The first kappa shape index (κ1) is 10.5. The van der Waals surface area contributed by atoms with Crippen molar-refractivity contribution in [3.63, 3.8) is 0 Å². The molecule has 3 rings (SSSR count). The first-order chi connectivity index (χ1) is 8.22. The maximum atomic E-state index is 5.94. The molecule has 0 bridgehead atoms. The van der Waals surface area contributed by atoms with Crippen LogP contribution >= 0.6 is 0 Å². The zero-order valence-corrected chi connectivity index (χ0v) is 10.1. The summed E-state index contributed by atoms with van der Waals surface area (Å²) in [4.78, 5) is 6.87. The van der Waals surface area contributed by atoms with Crippen LogP contribution in [0, 0.1) is 6.92 Å². The van der Waals surface area contributed by atoms with Crippen molar-refractivity contribution in [1.82, 2.24) is 4.98 Å². The molecule has 2 aromatic rings. The fourth-order valence-electron chi connectivity index (χ4n) is 2.43. The van der Waals surface area contributed by atoms with Gasteiger partial charge in [-0.2, -0.15) is 0 Å². The highest BCUT2D eigenvalue weighted by Gasteiger charge is 2.19. The largest absolute Gasteiger partial charge is 0.370 e. The van der Waals surface area contributed by atoms with Crippen LogP contribution in [0.3, 0.4) is 0 Å². The molecular formula is C14H17N3. The van der Waals surface area contributed by atoms with Crippen molar-refractivity contribution in [3.8, 4) is 0 Å². The Morgan fingerprint density at radius 3 is 2.94 bits per heavy atom. The molecule has 1 fully saturated rings. The first-order valence-electron chi connectivity index (χ1n) is 6.10. The van der Waals surface area contributed by atoms with E-state index < -0.39 is 0 Å². The molecule has 2 heterocycles. The van der Waals surface area contributed by atoms with E-state index in [1.165, 1.54) is 11.1 Å². The number of nitrogens with zero attached hydrogens (tertiary/aromatic N) is 2. The number of anilines is 1. The summed E-state index contributed by atoms with van der Waals surface area (Å²) in [5.41, 5.74) is 9.33. The Balaban J connectivity index is 1.99. The van der Waals surface area contributed by atoms with Crippen LogP contribution in [0.5, 0.6) is 0 Å². The monoisotopic (exact) mass is 227 g/mol. The highest BCUT2D eigenvalue weighted by atomic mass is 15.2. The predicted molar refractivity (Wildman–Crippen MR) is 71.3 cm³/mol. The zero-order chi connectivity index (χ0) is 11.8. The van der Waals surface area contributed by atoms with Gasteiger partial charge >= 0.3 is 0 Å². The summed E-state index contributed by atoms with van der Waals surface area (Å²) in [6, 6.07) is 11.0. The maximum absolute atomic E-state index is 5.94. The van der Waals surface area contributed by atoms with Crippen LogP contribution in [0.4, 0.5) is 5.69 Å². The average Bonchev–Trinajstić information content (AvgIpc) is 2.75. The van der Waals surface area contributed by atoms with E-state index in [-0.39, 0.29) is 0 Å². The molecule has 2 N–H and O–H groups in total. The number of pyridine rings is 1. The van der Waals surface area contributed by atoms with E-state index in [4.69, 9.17) is 5.73 Å². The summed E-state index contributed by atoms with van der Waals surface area (Å²) in [5, 5.41) is 1.20. The smallest absolute Gasteiger partial charge is 0.0706 e. The minimum absolute atomic E-state index is 0.321. The lowest BCUT2D eigenvalue weighted by molar-refractivity contribution is 0.752. The number of rotatable bonds is 1. The number of hydrogen-bond acceptors (Lipinski definition) is 3. The van der Waals surface area contributed by atoms with Crippen molar-refractivity contribution >= 4 is 16.6 Å². The lowest BCUT2D eigenvalue weighted by atomic mass is 10.1. The Kier molecular flexibility index (Phi) is 2.48. The van der Waals surface area contributed by atoms with Gasteiger partial charge in [0, 0.05) is 35.9 Å². The second-order valence-electron chi connectivity index (χ2n) is 4.82. The number of aromatic nitrogens is 1. The van der Waals surface area contributed by atoms with Gasteiger partial charge in [0.25, 0.3) is 0 Å². The Bertz CT molecular complexity index is 550. The van der Waals surface area contributed by atoms with Crippen molar-refractivity contribution in [1.29, 1.82) is 0 Å². The van der Waals surface area contributed by atoms with Crippen LogP contribution in [0.2, 0.25) is 0 Å². The van der Waals surface area contributed by atoms with Crippen LogP contribution in [-0.4, -0.2) is 24.1 Å². The van der Waals surface area contributed by atoms with Gasteiger partial charge in [0.05, 0.1) is 5.52 Å². The summed E-state index contributed by atoms with van der Waals surface area (Å²) in [5.74, 6) is 0. The Morgan fingerprint density at radius 1 is 1.29 bits per heavy atom. The molecule has 0 spiro atoms. The molecule has 88 valence electrons. The molecule has 1 aromatic carbocycles. The van der Waals surface area contributed by atoms with Crippen molar-refractivity contribution in [2.75, 3.05) is 18.0 Å². The summed E-state index contributed by atoms with van der Waals surface area (Å²) in [7, 11) is 0. The number of nitrogens with two attached hydrogens (primary N) is 1. The molecule has 17 heavy (non-hydrogen) atoms. The van der Waals surface area contributed by atoms with E-state index in [1.54, 1.807) is 0 Å². The van der Waals surface area contributed by atoms with Gasteiger partial charge in [0.15, 0.2) is 0 Å².